The quantitative estimate of drug-likeness (QED) is 0.487. The van der Waals surface area contributed by atoms with Crippen molar-refractivity contribution in [2.45, 2.75) is 23.5 Å². The number of carbonyl (C=O) groups excluding carboxylic acids is 1. The molecule has 1 atom stereocenters. The van der Waals surface area contributed by atoms with Gasteiger partial charge in [0.1, 0.15) is 0 Å². The van der Waals surface area contributed by atoms with Crippen LogP contribution in [0.3, 0.4) is 0 Å². The van der Waals surface area contributed by atoms with Gasteiger partial charge in [0.25, 0.3) is 0 Å². The number of nitrogens with zero attached hydrogens (tertiary/aromatic N) is 1. The van der Waals surface area contributed by atoms with Gasteiger partial charge in [0.2, 0.25) is 5.91 Å². The SMILES string of the molecule is C/C(=N\NC(=O)C1(C)CC1(Br)Br)c1cccs1. The number of hydrazone groups is 1. The maximum absolute atomic E-state index is 11.9. The van der Waals surface area contributed by atoms with Gasteiger partial charge in [-0.2, -0.15) is 5.10 Å². The van der Waals surface area contributed by atoms with Crippen LogP contribution in [0, 0.1) is 5.41 Å². The molecule has 1 aliphatic carbocycles. The predicted octanol–water partition coefficient (Wildman–Crippen LogP) is 3.48. The zero-order valence-corrected chi connectivity index (χ0v) is 13.4. The summed E-state index contributed by atoms with van der Waals surface area (Å²) in [6, 6.07) is 3.94. The normalized spacial score (nSPS) is 26.7. The second-order valence-corrected chi connectivity index (χ2v) is 9.05. The minimum atomic E-state index is -0.424. The van der Waals surface area contributed by atoms with Crippen LogP contribution in [0.4, 0.5) is 0 Å². The van der Waals surface area contributed by atoms with Crippen LogP contribution in [0.2, 0.25) is 0 Å². The van der Waals surface area contributed by atoms with Crippen LogP contribution in [0.25, 0.3) is 0 Å². The third kappa shape index (κ3) is 2.48. The monoisotopic (exact) mass is 378 g/mol. The lowest BCUT2D eigenvalue weighted by atomic mass is 10.1. The number of alkyl halides is 2. The van der Waals surface area contributed by atoms with Gasteiger partial charge in [0.15, 0.2) is 0 Å². The Morgan fingerprint density at radius 2 is 2.24 bits per heavy atom. The number of thiophene rings is 1. The molecular weight excluding hydrogens is 368 g/mol. The summed E-state index contributed by atoms with van der Waals surface area (Å²) < 4.78 is -0.274. The van der Waals surface area contributed by atoms with Gasteiger partial charge in [-0.3, -0.25) is 4.79 Å². The van der Waals surface area contributed by atoms with E-state index >= 15 is 0 Å². The number of hydrogen-bond donors (Lipinski definition) is 1. The molecule has 6 heteroatoms. The van der Waals surface area contributed by atoms with Gasteiger partial charge in [0.05, 0.1) is 14.4 Å². The minimum Gasteiger partial charge on any atom is -0.272 e. The molecule has 1 heterocycles. The smallest absolute Gasteiger partial charge is 0.248 e. The highest BCUT2D eigenvalue weighted by Gasteiger charge is 2.66. The van der Waals surface area contributed by atoms with Crippen molar-refractivity contribution in [2.24, 2.45) is 10.5 Å². The Balaban J connectivity index is 2.00. The first-order chi connectivity index (χ1) is 7.87. The molecule has 1 saturated carbocycles. The molecule has 0 aromatic carbocycles. The van der Waals surface area contributed by atoms with Gasteiger partial charge >= 0.3 is 0 Å². The topological polar surface area (TPSA) is 41.5 Å². The maximum atomic E-state index is 11.9. The van der Waals surface area contributed by atoms with E-state index in [0.717, 1.165) is 17.0 Å². The molecule has 1 fully saturated rings. The van der Waals surface area contributed by atoms with Crippen molar-refractivity contribution >= 4 is 54.8 Å². The minimum absolute atomic E-state index is 0.0674. The molecule has 17 heavy (non-hydrogen) atoms. The largest absolute Gasteiger partial charge is 0.272 e. The first-order valence-corrected chi connectivity index (χ1v) is 7.60. The molecule has 0 bridgehead atoms. The second-order valence-electron chi connectivity index (χ2n) is 4.33. The Labute approximate surface area is 121 Å². The zero-order chi connectivity index (χ0) is 12.7. The Bertz CT molecular complexity index is 470. The first-order valence-electron chi connectivity index (χ1n) is 5.13. The third-order valence-corrected chi connectivity index (χ3v) is 6.25. The molecule has 92 valence electrons. The highest BCUT2D eigenvalue weighted by atomic mass is 79.9. The molecule has 0 spiro atoms. The fourth-order valence-electron chi connectivity index (χ4n) is 1.44. The third-order valence-electron chi connectivity index (χ3n) is 2.96. The van der Waals surface area contributed by atoms with E-state index in [1.165, 1.54) is 0 Å². The molecule has 1 amide bonds. The van der Waals surface area contributed by atoms with Crippen molar-refractivity contribution in [3.8, 4) is 0 Å². The highest BCUT2D eigenvalue weighted by molar-refractivity contribution is 9.25. The molecule has 0 aliphatic heterocycles. The Morgan fingerprint density at radius 3 is 2.71 bits per heavy atom. The van der Waals surface area contributed by atoms with Crippen LogP contribution >= 0.6 is 43.2 Å². The van der Waals surface area contributed by atoms with E-state index in [-0.39, 0.29) is 9.14 Å². The van der Waals surface area contributed by atoms with Crippen molar-refractivity contribution < 1.29 is 4.79 Å². The van der Waals surface area contributed by atoms with Crippen LogP contribution in [0.1, 0.15) is 25.1 Å². The average molecular weight is 380 g/mol. The summed E-state index contributed by atoms with van der Waals surface area (Å²) in [5.74, 6) is -0.0674. The molecule has 1 N–H and O–H groups in total. The number of rotatable bonds is 3. The summed E-state index contributed by atoms with van der Waals surface area (Å²) in [6.45, 7) is 3.79. The van der Waals surface area contributed by atoms with Crippen LogP contribution in [0.15, 0.2) is 22.6 Å². The lowest BCUT2D eigenvalue weighted by molar-refractivity contribution is -0.125. The van der Waals surface area contributed by atoms with E-state index in [1.807, 2.05) is 31.4 Å². The van der Waals surface area contributed by atoms with Gasteiger partial charge in [-0.05, 0) is 31.7 Å². The van der Waals surface area contributed by atoms with E-state index in [0.29, 0.717) is 0 Å². The fourth-order valence-corrected chi connectivity index (χ4v) is 3.60. The molecule has 3 nitrogen and oxygen atoms in total. The van der Waals surface area contributed by atoms with Gasteiger partial charge < -0.3 is 0 Å². The number of carbonyl (C=O) groups is 1. The standard InChI is InChI=1S/C11H12Br2N2OS/c1-7(8-4-3-5-17-8)14-15-9(16)10(2)6-11(10,12)13/h3-5H,6H2,1-2H3,(H,15,16)/b14-7+. The summed E-state index contributed by atoms with van der Waals surface area (Å²) in [5.41, 5.74) is 3.03. The lowest BCUT2D eigenvalue weighted by Gasteiger charge is -2.10. The molecule has 1 unspecified atom stereocenters. The number of nitrogens with one attached hydrogen (secondary N) is 1. The van der Waals surface area contributed by atoms with Crippen molar-refractivity contribution in [3.05, 3.63) is 22.4 Å². The van der Waals surface area contributed by atoms with Crippen molar-refractivity contribution in [1.29, 1.82) is 0 Å². The zero-order valence-electron chi connectivity index (χ0n) is 9.46. The van der Waals surface area contributed by atoms with Crippen molar-refractivity contribution in [3.63, 3.8) is 0 Å². The summed E-state index contributed by atoms with van der Waals surface area (Å²) >= 11 is 8.53. The average Bonchev–Trinajstić information content (AvgIpc) is 2.73. The highest BCUT2D eigenvalue weighted by Crippen LogP contribution is 2.66. The van der Waals surface area contributed by atoms with Gasteiger partial charge in [0, 0.05) is 4.88 Å². The van der Waals surface area contributed by atoms with E-state index < -0.39 is 5.41 Å². The lowest BCUT2D eigenvalue weighted by Crippen LogP contribution is -2.30. The summed E-state index contributed by atoms with van der Waals surface area (Å²) in [5, 5.41) is 6.11. The summed E-state index contributed by atoms with van der Waals surface area (Å²) in [7, 11) is 0. The van der Waals surface area contributed by atoms with Crippen molar-refractivity contribution in [2.75, 3.05) is 0 Å². The number of halogens is 2. The Hall–Kier alpha value is -0.200. The Kier molecular flexibility index (Phi) is 3.49. The maximum Gasteiger partial charge on any atom is 0.248 e. The van der Waals surface area contributed by atoms with Crippen LogP contribution in [-0.4, -0.2) is 14.9 Å². The molecule has 0 saturated heterocycles. The van der Waals surface area contributed by atoms with E-state index in [2.05, 4.69) is 42.4 Å². The van der Waals surface area contributed by atoms with E-state index in [4.69, 9.17) is 0 Å². The van der Waals surface area contributed by atoms with E-state index in [1.54, 1.807) is 11.3 Å². The van der Waals surface area contributed by atoms with Crippen LogP contribution < -0.4 is 5.43 Å². The first kappa shape index (κ1) is 13.2. The predicted molar refractivity (Wildman–Crippen MR) is 78.0 cm³/mol. The summed E-state index contributed by atoms with van der Waals surface area (Å²) in [4.78, 5) is 13.0. The van der Waals surface area contributed by atoms with Gasteiger partial charge in [-0.25, -0.2) is 5.43 Å². The Morgan fingerprint density at radius 1 is 1.59 bits per heavy atom. The second kappa shape index (κ2) is 4.48. The van der Waals surface area contributed by atoms with Crippen LogP contribution in [0.5, 0.6) is 0 Å². The van der Waals surface area contributed by atoms with Gasteiger partial charge in [-0.1, -0.05) is 37.9 Å². The summed E-state index contributed by atoms with van der Waals surface area (Å²) in [6.07, 6.45) is 0.763. The molecule has 2 rings (SSSR count). The molecule has 1 aromatic rings. The number of hydrogen-bond acceptors (Lipinski definition) is 3. The van der Waals surface area contributed by atoms with Crippen molar-refractivity contribution in [1.82, 2.24) is 5.43 Å². The fraction of sp³-hybridized carbons (Fsp3) is 0.455. The number of amides is 1. The van der Waals surface area contributed by atoms with E-state index in [9.17, 15) is 4.79 Å². The molecule has 1 aliphatic rings. The molecule has 1 aromatic heterocycles. The molecular formula is C11H12Br2N2OS. The molecule has 0 radical (unpaired) electrons. The van der Waals surface area contributed by atoms with Gasteiger partial charge in [-0.15, -0.1) is 11.3 Å². The van der Waals surface area contributed by atoms with Crippen LogP contribution in [-0.2, 0) is 4.79 Å².